The van der Waals surface area contributed by atoms with Gasteiger partial charge in [0.1, 0.15) is 5.78 Å². The molecule has 1 nitrogen and oxygen atoms in total. The van der Waals surface area contributed by atoms with Crippen molar-refractivity contribution in [3.8, 4) is 0 Å². The maximum atomic E-state index is 12.0. The molecule has 2 rings (SSSR count). The van der Waals surface area contributed by atoms with E-state index in [1.54, 1.807) is 0 Å². The molecule has 0 N–H and O–H groups in total. The van der Waals surface area contributed by atoms with Gasteiger partial charge in [-0.1, -0.05) is 44.5 Å². The van der Waals surface area contributed by atoms with E-state index in [1.165, 1.54) is 11.1 Å². The second kappa shape index (κ2) is 4.18. The molecule has 2 atom stereocenters. The van der Waals surface area contributed by atoms with E-state index in [1.807, 2.05) is 12.1 Å². The van der Waals surface area contributed by atoms with Gasteiger partial charge in [0.15, 0.2) is 0 Å². The van der Waals surface area contributed by atoms with Crippen molar-refractivity contribution >= 4 is 5.78 Å². The van der Waals surface area contributed by atoms with E-state index in [-0.39, 0.29) is 5.92 Å². The number of ketones is 1. The third kappa shape index (κ3) is 1.97. The van der Waals surface area contributed by atoms with Crippen LogP contribution in [0, 0.1) is 5.92 Å². The SMILES string of the molecule is CCC(C)CC(=O)C1Cc2ccccc21. The van der Waals surface area contributed by atoms with Gasteiger partial charge < -0.3 is 0 Å². The first kappa shape index (κ1) is 10.4. The fraction of sp³-hybridized carbons (Fsp3) is 0.500. The Labute approximate surface area is 91.5 Å². The Bertz CT molecular complexity index is 367. The Hall–Kier alpha value is -1.11. The number of fused-ring (bicyclic) bond motifs is 1. The number of carbonyl (C=O) groups is 1. The summed E-state index contributed by atoms with van der Waals surface area (Å²) in [6.45, 7) is 4.30. The third-order valence-corrected chi connectivity index (χ3v) is 3.49. The normalized spacial score (nSPS) is 20.3. The van der Waals surface area contributed by atoms with Crippen LogP contribution in [0.5, 0.6) is 0 Å². The summed E-state index contributed by atoms with van der Waals surface area (Å²) in [5, 5.41) is 0. The molecule has 2 unspecified atom stereocenters. The molecule has 0 aliphatic heterocycles. The summed E-state index contributed by atoms with van der Waals surface area (Å²) in [6, 6.07) is 8.30. The molecule has 0 radical (unpaired) electrons. The topological polar surface area (TPSA) is 17.1 Å². The average Bonchev–Trinajstić information content (AvgIpc) is 2.19. The highest BCUT2D eigenvalue weighted by Crippen LogP contribution is 2.36. The first-order valence-electron chi connectivity index (χ1n) is 5.83. The highest BCUT2D eigenvalue weighted by molar-refractivity contribution is 5.88. The number of hydrogen-bond donors (Lipinski definition) is 0. The molecule has 1 aliphatic carbocycles. The van der Waals surface area contributed by atoms with Crippen molar-refractivity contribution in [2.75, 3.05) is 0 Å². The smallest absolute Gasteiger partial charge is 0.140 e. The van der Waals surface area contributed by atoms with E-state index < -0.39 is 0 Å². The van der Waals surface area contributed by atoms with Crippen molar-refractivity contribution < 1.29 is 4.79 Å². The van der Waals surface area contributed by atoms with E-state index in [4.69, 9.17) is 0 Å². The Morgan fingerprint density at radius 3 is 2.87 bits per heavy atom. The van der Waals surface area contributed by atoms with Crippen LogP contribution in [0.4, 0.5) is 0 Å². The molecular formula is C14H18O. The van der Waals surface area contributed by atoms with Gasteiger partial charge in [-0.25, -0.2) is 0 Å². The summed E-state index contributed by atoms with van der Waals surface area (Å²) in [7, 11) is 0. The lowest BCUT2D eigenvalue weighted by Crippen LogP contribution is -2.26. The van der Waals surface area contributed by atoms with Gasteiger partial charge in [0, 0.05) is 12.3 Å². The van der Waals surface area contributed by atoms with Crippen molar-refractivity contribution in [1.82, 2.24) is 0 Å². The van der Waals surface area contributed by atoms with Crippen LogP contribution in [0.25, 0.3) is 0 Å². The predicted molar refractivity (Wildman–Crippen MR) is 62.0 cm³/mol. The van der Waals surface area contributed by atoms with Gasteiger partial charge >= 0.3 is 0 Å². The van der Waals surface area contributed by atoms with Crippen LogP contribution in [-0.4, -0.2) is 5.78 Å². The third-order valence-electron chi connectivity index (χ3n) is 3.49. The van der Waals surface area contributed by atoms with E-state index in [0.717, 1.165) is 19.3 Å². The van der Waals surface area contributed by atoms with Crippen molar-refractivity contribution in [3.63, 3.8) is 0 Å². The minimum absolute atomic E-state index is 0.204. The number of Topliss-reactive ketones (excluding diaryl/α,β-unsaturated/α-hetero) is 1. The van der Waals surface area contributed by atoms with Gasteiger partial charge in [-0.3, -0.25) is 4.79 Å². The summed E-state index contributed by atoms with van der Waals surface area (Å²) in [5.74, 6) is 1.17. The molecule has 15 heavy (non-hydrogen) atoms. The van der Waals surface area contributed by atoms with Gasteiger partial charge in [0.25, 0.3) is 0 Å². The van der Waals surface area contributed by atoms with Crippen LogP contribution >= 0.6 is 0 Å². The Kier molecular flexibility index (Phi) is 2.90. The fourth-order valence-corrected chi connectivity index (χ4v) is 2.18. The zero-order valence-corrected chi connectivity index (χ0v) is 9.49. The molecule has 0 heterocycles. The lowest BCUT2D eigenvalue weighted by Gasteiger charge is -2.29. The van der Waals surface area contributed by atoms with Crippen LogP contribution in [0.1, 0.15) is 43.7 Å². The van der Waals surface area contributed by atoms with Gasteiger partial charge in [-0.05, 0) is 23.5 Å². The van der Waals surface area contributed by atoms with Crippen LogP contribution in [-0.2, 0) is 11.2 Å². The number of carbonyl (C=O) groups excluding carboxylic acids is 1. The predicted octanol–water partition coefficient (Wildman–Crippen LogP) is 3.33. The number of rotatable bonds is 4. The quantitative estimate of drug-likeness (QED) is 0.732. The molecule has 0 spiro atoms. The average molecular weight is 202 g/mol. The molecule has 0 saturated heterocycles. The molecular weight excluding hydrogens is 184 g/mol. The van der Waals surface area contributed by atoms with Gasteiger partial charge in [0.2, 0.25) is 0 Å². The minimum Gasteiger partial charge on any atom is -0.299 e. The van der Waals surface area contributed by atoms with Crippen LogP contribution in [0.3, 0.4) is 0 Å². The van der Waals surface area contributed by atoms with Crippen molar-refractivity contribution in [3.05, 3.63) is 35.4 Å². The molecule has 0 fully saturated rings. The lowest BCUT2D eigenvalue weighted by atomic mass is 9.73. The maximum absolute atomic E-state index is 12.0. The number of benzene rings is 1. The zero-order chi connectivity index (χ0) is 10.8. The zero-order valence-electron chi connectivity index (χ0n) is 9.49. The number of hydrogen-bond acceptors (Lipinski definition) is 1. The molecule has 1 aromatic rings. The monoisotopic (exact) mass is 202 g/mol. The largest absolute Gasteiger partial charge is 0.299 e. The van der Waals surface area contributed by atoms with Crippen LogP contribution in [0.2, 0.25) is 0 Å². The summed E-state index contributed by atoms with van der Waals surface area (Å²) < 4.78 is 0. The summed E-state index contributed by atoms with van der Waals surface area (Å²) >= 11 is 0. The van der Waals surface area contributed by atoms with Crippen molar-refractivity contribution in [2.24, 2.45) is 5.92 Å². The fourth-order valence-electron chi connectivity index (χ4n) is 2.18. The van der Waals surface area contributed by atoms with Crippen molar-refractivity contribution in [1.29, 1.82) is 0 Å². The molecule has 0 saturated carbocycles. The Morgan fingerprint density at radius 2 is 2.20 bits per heavy atom. The highest BCUT2D eigenvalue weighted by atomic mass is 16.1. The van der Waals surface area contributed by atoms with E-state index in [9.17, 15) is 4.79 Å². The van der Waals surface area contributed by atoms with Crippen molar-refractivity contribution in [2.45, 2.75) is 39.0 Å². The molecule has 1 aliphatic rings. The maximum Gasteiger partial charge on any atom is 0.140 e. The highest BCUT2D eigenvalue weighted by Gasteiger charge is 2.31. The second-order valence-corrected chi connectivity index (χ2v) is 4.64. The van der Waals surface area contributed by atoms with Gasteiger partial charge in [-0.2, -0.15) is 0 Å². The molecule has 0 aromatic heterocycles. The minimum atomic E-state index is 0.204. The summed E-state index contributed by atoms with van der Waals surface area (Å²) in [5.41, 5.74) is 2.63. The van der Waals surface area contributed by atoms with Crippen LogP contribution < -0.4 is 0 Å². The molecule has 0 bridgehead atoms. The first-order valence-corrected chi connectivity index (χ1v) is 5.83. The summed E-state index contributed by atoms with van der Waals surface area (Å²) in [6.07, 6.45) is 2.81. The Morgan fingerprint density at radius 1 is 1.47 bits per heavy atom. The van der Waals surface area contributed by atoms with E-state index in [2.05, 4.69) is 26.0 Å². The van der Waals surface area contributed by atoms with Gasteiger partial charge in [0.05, 0.1) is 0 Å². The standard InChI is InChI=1S/C14H18O/c1-3-10(2)8-14(15)13-9-11-6-4-5-7-12(11)13/h4-7,10,13H,3,8-9H2,1-2H3. The summed E-state index contributed by atoms with van der Waals surface area (Å²) in [4.78, 5) is 12.0. The molecule has 1 heteroatoms. The molecule has 1 aromatic carbocycles. The van der Waals surface area contributed by atoms with Gasteiger partial charge in [-0.15, -0.1) is 0 Å². The van der Waals surface area contributed by atoms with E-state index in [0.29, 0.717) is 11.7 Å². The van der Waals surface area contributed by atoms with E-state index >= 15 is 0 Å². The Balaban J connectivity index is 2.01. The second-order valence-electron chi connectivity index (χ2n) is 4.64. The first-order chi connectivity index (χ1) is 7.22. The lowest BCUT2D eigenvalue weighted by molar-refractivity contribution is -0.121. The van der Waals surface area contributed by atoms with Crippen LogP contribution in [0.15, 0.2) is 24.3 Å². The molecule has 0 amide bonds. The molecule has 80 valence electrons.